The van der Waals surface area contributed by atoms with Gasteiger partial charge in [-0.2, -0.15) is 0 Å². The Labute approximate surface area is 109 Å². The fourth-order valence-electron chi connectivity index (χ4n) is 1.57. The van der Waals surface area contributed by atoms with E-state index in [0.717, 1.165) is 22.8 Å². The normalized spacial score (nSPS) is 10.9. The van der Waals surface area contributed by atoms with E-state index >= 15 is 0 Å². The zero-order chi connectivity index (χ0) is 13.5. The molecule has 0 radical (unpaired) electrons. The van der Waals surface area contributed by atoms with Gasteiger partial charge in [-0.25, -0.2) is 0 Å². The van der Waals surface area contributed by atoms with Gasteiger partial charge in [0.25, 0.3) is 0 Å². The van der Waals surface area contributed by atoms with Crippen LogP contribution in [0.5, 0.6) is 0 Å². The van der Waals surface area contributed by atoms with Crippen LogP contribution in [0.3, 0.4) is 0 Å². The predicted octanol–water partition coefficient (Wildman–Crippen LogP) is -0.0339. The zero-order valence-corrected chi connectivity index (χ0v) is 11.4. The van der Waals surface area contributed by atoms with Crippen molar-refractivity contribution in [3.63, 3.8) is 0 Å². The molecular weight excluding hydrogens is 256 g/mol. The molecule has 0 aliphatic carbocycles. The van der Waals surface area contributed by atoms with E-state index in [9.17, 15) is 9.59 Å². The Morgan fingerprint density at radius 1 is 1.56 bits per heavy atom. The number of hydrogen-bond donors (Lipinski definition) is 2. The summed E-state index contributed by atoms with van der Waals surface area (Å²) >= 11 is 1.09. The van der Waals surface area contributed by atoms with E-state index < -0.39 is 0 Å². The maximum atomic E-state index is 11.4. The molecule has 1 aromatic rings. The summed E-state index contributed by atoms with van der Waals surface area (Å²) in [6, 6.07) is 0. The molecule has 102 valence electrons. The first-order valence-electron chi connectivity index (χ1n) is 5.71. The van der Waals surface area contributed by atoms with Crippen molar-refractivity contribution in [1.82, 2.24) is 9.88 Å². The van der Waals surface area contributed by atoms with Crippen molar-refractivity contribution < 1.29 is 14.6 Å². The van der Waals surface area contributed by atoms with E-state index in [1.54, 1.807) is 0 Å². The lowest BCUT2D eigenvalue weighted by atomic mass is 10.2. The predicted molar refractivity (Wildman–Crippen MR) is 68.7 cm³/mol. The zero-order valence-electron chi connectivity index (χ0n) is 10.6. The first-order chi connectivity index (χ1) is 8.60. The number of thiazole rings is 1. The van der Waals surface area contributed by atoms with Gasteiger partial charge in [-0.05, 0) is 6.54 Å². The second-order valence-corrected chi connectivity index (χ2v) is 4.83. The Morgan fingerprint density at radius 3 is 2.83 bits per heavy atom. The van der Waals surface area contributed by atoms with Gasteiger partial charge in [0.05, 0.1) is 20.1 Å². The summed E-state index contributed by atoms with van der Waals surface area (Å²) in [6.45, 7) is 3.90. The van der Waals surface area contributed by atoms with Gasteiger partial charge in [-0.15, -0.1) is 0 Å². The molecule has 0 aliphatic heterocycles. The topological polar surface area (TPSA) is 82.6 Å². The first-order valence-corrected chi connectivity index (χ1v) is 6.53. The third kappa shape index (κ3) is 4.25. The second kappa shape index (κ2) is 7.30. The summed E-state index contributed by atoms with van der Waals surface area (Å²) < 4.78 is 4.59. The van der Waals surface area contributed by atoms with Crippen LogP contribution in [0.15, 0.2) is 4.79 Å². The van der Waals surface area contributed by atoms with Crippen molar-refractivity contribution in [1.29, 1.82) is 0 Å². The average Bonchev–Trinajstić information content (AvgIpc) is 2.68. The fraction of sp³-hybridized carbons (Fsp3) is 0.636. The van der Waals surface area contributed by atoms with Crippen molar-refractivity contribution in [2.75, 3.05) is 26.8 Å². The lowest BCUT2D eigenvalue weighted by Crippen LogP contribution is -2.26. The molecule has 0 spiro atoms. The van der Waals surface area contributed by atoms with E-state index in [1.165, 1.54) is 7.11 Å². The van der Waals surface area contributed by atoms with E-state index in [4.69, 9.17) is 5.11 Å². The molecule has 0 saturated heterocycles. The Morgan fingerprint density at radius 2 is 2.28 bits per heavy atom. The van der Waals surface area contributed by atoms with Crippen LogP contribution < -0.4 is 4.87 Å². The molecule has 6 nitrogen and oxygen atoms in total. The van der Waals surface area contributed by atoms with Crippen molar-refractivity contribution in [3.8, 4) is 0 Å². The summed E-state index contributed by atoms with van der Waals surface area (Å²) in [5.41, 5.74) is 0.605. The van der Waals surface area contributed by atoms with Crippen LogP contribution in [-0.2, 0) is 22.5 Å². The molecule has 0 fully saturated rings. The van der Waals surface area contributed by atoms with Crippen molar-refractivity contribution in [2.45, 2.75) is 19.9 Å². The molecule has 0 bridgehead atoms. The smallest absolute Gasteiger partial charge is 0.311 e. The van der Waals surface area contributed by atoms with Crippen LogP contribution in [0.4, 0.5) is 0 Å². The third-order valence-corrected chi connectivity index (χ3v) is 3.49. The molecule has 1 heterocycles. The quantitative estimate of drug-likeness (QED) is 0.682. The number of carbonyl (C=O) groups is 1. The molecule has 0 atom stereocenters. The van der Waals surface area contributed by atoms with Gasteiger partial charge >= 0.3 is 10.8 Å². The van der Waals surface area contributed by atoms with Crippen molar-refractivity contribution in [3.05, 3.63) is 20.2 Å². The molecule has 1 aromatic heterocycles. The Bertz CT molecular complexity index is 440. The number of hydrogen-bond acceptors (Lipinski definition) is 6. The molecule has 0 saturated carbocycles. The maximum absolute atomic E-state index is 11.4. The average molecular weight is 274 g/mol. The van der Waals surface area contributed by atoms with Crippen LogP contribution in [0.25, 0.3) is 0 Å². The van der Waals surface area contributed by atoms with Gasteiger partial charge in [0.1, 0.15) is 0 Å². The van der Waals surface area contributed by atoms with Crippen LogP contribution in [0.2, 0.25) is 0 Å². The molecule has 0 unspecified atom stereocenters. The van der Waals surface area contributed by atoms with E-state index in [0.29, 0.717) is 18.8 Å². The number of methoxy groups -OCH3 is 1. The molecule has 0 amide bonds. The van der Waals surface area contributed by atoms with Crippen LogP contribution >= 0.6 is 11.3 Å². The highest BCUT2D eigenvalue weighted by atomic mass is 32.1. The summed E-state index contributed by atoms with van der Waals surface area (Å²) in [5, 5.41) is 8.92. The number of aliphatic hydroxyl groups is 1. The summed E-state index contributed by atoms with van der Waals surface area (Å²) in [6.07, 6.45) is 0.0707. The molecular formula is C11H18N2O4S. The van der Waals surface area contributed by atoms with Gasteiger partial charge in [-0.1, -0.05) is 18.3 Å². The minimum absolute atomic E-state index is 0.0689. The number of H-pyrrole nitrogens is 1. The largest absolute Gasteiger partial charge is 0.469 e. The number of aromatic amines is 1. The number of nitrogens with one attached hydrogen (secondary N) is 1. The van der Waals surface area contributed by atoms with Crippen LogP contribution in [-0.4, -0.2) is 47.8 Å². The minimum Gasteiger partial charge on any atom is -0.469 e. The lowest BCUT2D eigenvalue weighted by molar-refractivity contribution is -0.139. The van der Waals surface area contributed by atoms with E-state index in [1.807, 2.05) is 11.8 Å². The van der Waals surface area contributed by atoms with Crippen LogP contribution in [0.1, 0.15) is 17.5 Å². The molecule has 0 aromatic carbocycles. The Balaban J connectivity index is 2.80. The van der Waals surface area contributed by atoms with Gasteiger partial charge < -0.3 is 14.8 Å². The maximum Gasteiger partial charge on any atom is 0.311 e. The number of nitrogens with zero attached hydrogens (tertiary/aromatic N) is 1. The van der Waals surface area contributed by atoms with Gasteiger partial charge in [0.2, 0.25) is 0 Å². The second-order valence-electron chi connectivity index (χ2n) is 3.76. The molecule has 0 aliphatic rings. The number of esters is 1. The monoisotopic (exact) mass is 274 g/mol. The highest BCUT2D eigenvalue weighted by Crippen LogP contribution is 2.13. The van der Waals surface area contributed by atoms with E-state index in [2.05, 4.69) is 9.72 Å². The molecule has 1 rings (SSSR count). The molecule has 7 heteroatoms. The van der Waals surface area contributed by atoms with Crippen molar-refractivity contribution in [2.24, 2.45) is 0 Å². The van der Waals surface area contributed by atoms with E-state index in [-0.39, 0.29) is 23.9 Å². The summed E-state index contributed by atoms with van der Waals surface area (Å²) in [7, 11) is 1.32. The fourth-order valence-corrected chi connectivity index (χ4v) is 2.46. The Hall–Kier alpha value is -1.18. The van der Waals surface area contributed by atoms with Gasteiger partial charge in [-0.3, -0.25) is 14.5 Å². The SMILES string of the molecule is CCN(CCO)Cc1sc(=O)[nH]c1CC(=O)OC. The van der Waals surface area contributed by atoms with Gasteiger partial charge in [0, 0.05) is 23.7 Å². The molecule has 18 heavy (non-hydrogen) atoms. The van der Waals surface area contributed by atoms with Crippen LogP contribution in [0, 0.1) is 0 Å². The van der Waals surface area contributed by atoms with Crippen molar-refractivity contribution >= 4 is 17.3 Å². The lowest BCUT2D eigenvalue weighted by Gasteiger charge is -2.18. The number of carbonyl (C=O) groups excluding carboxylic acids is 1. The number of likely N-dealkylation sites (N-methyl/N-ethyl adjacent to an activating group) is 1. The van der Waals surface area contributed by atoms with Gasteiger partial charge in [0.15, 0.2) is 0 Å². The Kier molecular flexibility index (Phi) is 6.03. The number of aromatic nitrogens is 1. The number of rotatable bonds is 7. The molecule has 2 N–H and O–H groups in total. The highest BCUT2D eigenvalue weighted by Gasteiger charge is 2.14. The standard InChI is InChI=1S/C11H18N2O4S/c1-3-13(4-5-14)7-9-8(6-10(15)17-2)12-11(16)18-9/h14H,3-7H2,1-2H3,(H,12,16). The minimum atomic E-state index is -0.379. The number of aliphatic hydroxyl groups excluding tert-OH is 1. The summed E-state index contributed by atoms with van der Waals surface area (Å²) in [5.74, 6) is -0.379. The first kappa shape index (κ1) is 14.9. The highest BCUT2D eigenvalue weighted by molar-refractivity contribution is 7.09. The summed E-state index contributed by atoms with van der Waals surface area (Å²) in [4.78, 5) is 27.9. The number of ether oxygens (including phenoxy) is 1. The third-order valence-electron chi connectivity index (χ3n) is 2.58.